The van der Waals surface area contributed by atoms with Crippen LogP contribution in [0.25, 0.3) is 11.6 Å². The Kier molecular flexibility index (Phi) is 5.46. The van der Waals surface area contributed by atoms with E-state index in [0.717, 1.165) is 66.7 Å². The molecule has 166 valence electrons. The molecule has 0 atom stereocenters. The summed E-state index contributed by atoms with van der Waals surface area (Å²) < 4.78 is 8.77. The van der Waals surface area contributed by atoms with Gasteiger partial charge < -0.3 is 19.7 Å². The lowest BCUT2D eigenvalue weighted by Gasteiger charge is -2.26. The molecular formula is C23H24N4O4S. The van der Waals surface area contributed by atoms with Crippen molar-refractivity contribution in [3.8, 4) is 5.88 Å². The number of hydrogen-bond acceptors (Lipinski definition) is 6. The van der Waals surface area contributed by atoms with Crippen LogP contribution in [0, 0.1) is 0 Å². The highest BCUT2D eigenvalue weighted by Gasteiger charge is 2.25. The molecule has 1 saturated heterocycles. The second-order valence-corrected chi connectivity index (χ2v) is 8.93. The van der Waals surface area contributed by atoms with Crippen LogP contribution in [-0.2, 0) is 29.7 Å². The molecule has 4 heterocycles. The first-order valence-electron chi connectivity index (χ1n) is 10.5. The summed E-state index contributed by atoms with van der Waals surface area (Å²) in [7, 11) is 1.98. The van der Waals surface area contributed by atoms with E-state index in [0.29, 0.717) is 5.57 Å². The van der Waals surface area contributed by atoms with Crippen molar-refractivity contribution in [1.82, 2.24) is 14.0 Å². The second kappa shape index (κ2) is 8.42. The molecule has 0 spiro atoms. The van der Waals surface area contributed by atoms with Gasteiger partial charge in [0.25, 0.3) is 5.91 Å². The highest BCUT2D eigenvalue weighted by atomic mass is 32.1. The minimum Gasteiger partial charge on any atom is -0.494 e. The maximum atomic E-state index is 12.7. The van der Waals surface area contributed by atoms with Crippen molar-refractivity contribution in [3.63, 3.8) is 0 Å². The number of rotatable bonds is 5. The maximum Gasteiger partial charge on any atom is 0.310 e. The number of morpholine rings is 1. The first-order valence-corrected chi connectivity index (χ1v) is 11.3. The number of aromatic hydroxyl groups is 1. The predicted octanol–water partition coefficient (Wildman–Crippen LogP) is 2.33. The molecule has 0 aliphatic carbocycles. The molecule has 2 aliphatic heterocycles. The maximum absolute atomic E-state index is 12.7. The summed E-state index contributed by atoms with van der Waals surface area (Å²) >= 11 is 0.961. The van der Waals surface area contributed by atoms with Crippen molar-refractivity contribution in [3.05, 3.63) is 67.9 Å². The molecule has 0 bridgehead atoms. The van der Waals surface area contributed by atoms with Crippen LogP contribution in [0.3, 0.4) is 0 Å². The van der Waals surface area contributed by atoms with Crippen LogP contribution in [0.1, 0.15) is 22.4 Å². The van der Waals surface area contributed by atoms with Gasteiger partial charge in [0.15, 0.2) is 0 Å². The number of thiazole rings is 1. The average Bonchev–Trinajstić information content (AvgIpc) is 3.40. The van der Waals surface area contributed by atoms with Crippen LogP contribution in [0.15, 0.2) is 40.6 Å². The zero-order valence-corrected chi connectivity index (χ0v) is 18.5. The molecule has 3 aromatic rings. The topological polar surface area (TPSA) is 88.7 Å². The smallest absolute Gasteiger partial charge is 0.310 e. The van der Waals surface area contributed by atoms with Gasteiger partial charge in [0.2, 0.25) is 5.88 Å². The summed E-state index contributed by atoms with van der Waals surface area (Å²) in [5, 5.41) is 14.2. The number of aromatic nitrogens is 2. The van der Waals surface area contributed by atoms with Crippen LogP contribution in [0.4, 0.5) is 5.69 Å². The standard InChI is InChI=1S/C23H24N4O4S/c1-25-11-16(12-26-4-6-31-7-5-26)8-17(25)10-19-18-9-15(2-3-20(18)24-22(19)29)13-27-21(28)14-32-23(27)30/h2-3,8-11,14,28H,4-7,12-13H2,1H3,(H,24,29). The van der Waals surface area contributed by atoms with E-state index in [2.05, 4.69) is 22.5 Å². The van der Waals surface area contributed by atoms with Crippen LogP contribution < -0.4 is 10.2 Å². The first kappa shape index (κ1) is 20.7. The molecule has 0 unspecified atom stereocenters. The fraction of sp³-hybridized carbons (Fsp3) is 0.304. The van der Waals surface area contributed by atoms with Crippen molar-refractivity contribution in [2.75, 3.05) is 31.6 Å². The fourth-order valence-corrected chi connectivity index (χ4v) is 4.80. The Labute approximate surface area is 189 Å². The van der Waals surface area contributed by atoms with E-state index in [1.165, 1.54) is 15.5 Å². The van der Waals surface area contributed by atoms with Crippen molar-refractivity contribution in [1.29, 1.82) is 0 Å². The molecule has 0 saturated carbocycles. The molecule has 0 radical (unpaired) electrons. The van der Waals surface area contributed by atoms with Crippen LogP contribution in [0.2, 0.25) is 0 Å². The number of hydrogen-bond donors (Lipinski definition) is 2. The lowest BCUT2D eigenvalue weighted by Crippen LogP contribution is -2.35. The Morgan fingerprint density at radius 1 is 1.16 bits per heavy atom. The number of fused-ring (bicyclic) bond motifs is 1. The van der Waals surface area contributed by atoms with Gasteiger partial charge in [0.1, 0.15) is 0 Å². The van der Waals surface area contributed by atoms with Crippen LogP contribution in [-0.4, -0.2) is 51.4 Å². The molecule has 2 aliphatic rings. The Hall–Kier alpha value is -3.14. The van der Waals surface area contributed by atoms with E-state index in [4.69, 9.17) is 4.74 Å². The highest BCUT2D eigenvalue weighted by molar-refractivity contribution is 7.07. The molecule has 8 nitrogen and oxygen atoms in total. The molecule has 32 heavy (non-hydrogen) atoms. The van der Waals surface area contributed by atoms with Crippen molar-refractivity contribution < 1.29 is 14.6 Å². The molecule has 2 N–H and O–H groups in total. The van der Waals surface area contributed by atoms with E-state index in [1.54, 1.807) is 0 Å². The molecular weight excluding hydrogens is 428 g/mol. The average molecular weight is 453 g/mol. The number of carbonyl (C=O) groups excluding carboxylic acids is 1. The quantitative estimate of drug-likeness (QED) is 0.580. The third-order valence-electron chi connectivity index (χ3n) is 5.87. The number of nitrogens with zero attached hydrogens (tertiary/aromatic N) is 3. The van der Waals surface area contributed by atoms with Crippen molar-refractivity contribution in [2.45, 2.75) is 13.1 Å². The number of amides is 1. The Morgan fingerprint density at radius 3 is 2.72 bits per heavy atom. The lowest BCUT2D eigenvalue weighted by atomic mass is 10.0. The zero-order chi connectivity index (χ0) is 22.2. The molecule has 1 aromatic carbocycles. The van der Waals surface area contributed by atoms with E-state index in [9.17, 15) is 14.7 Å². The van der Waals surface area contributed by atoms with E-state index in [1.807, 2.05) is 35.9 Å². The second-order valence-electron chi connectivity index (χ2n) is 8.11. The van der Waals surface area contributed by atoms with Gasteiger partial charge in [0.05, 0.1) is 30.7 Å². The van der Waals surface area contributed by atoms with Gasteiger partial charge in [0, 0.05) is 49.8 Å². The summed E-state index contributed by atoms with van der Waals surface area (Å²) in [6.07, 6.45) is 4.00. The Bertz CT molecular complexity index is 1260. The van der Waals surface area contributed by atoms with Crippen molar-refractivity contribution in [2.24, 2.45) is 7.05 Å². The first-order chi connectivity index (χ1) is 15.5. The minimum absolute atomic E-state index is 0.0536. The largest absolute Gasteiger partial charge is 0.494 e. The van der Waals surface area contributed by atoms with Crippen LogP contribution >= 0.6 is 11.3 Å². The predicted molar refractivity (Wildman–Crippen MR) is 124 cm³/mol. The molecule has 2 aromatic heterocycles. The summed E-state index contributed by atoms with van der Waals surface area (Å²) in [6.45, 7) is 4.47. The molecule has 1 fully saturated rings. The van der Waals surface area contributed by atoms with E-state index >= 15 is 0 Å². The summed E-state index contributed by atoms with van der Waals surface area (Å²) in [4.78, 5) is 26.8. The Morgan fingerprint density at radius 2 is 1.97 bits per heavy atom. The van der Waals surface area contributed by atoms with Crippen LogP contribution in [0.5, 0.6) is 5.88 Å². The van der Waals surface area contributed by atoms with Gasteiger partial charge in [-0.2, -0.15) is 0 Å². The third-order valence-corrected chi connectivity index (χ3v) is 6.62. The highest BCUT2D eigenvalue weighted by Crippen LogP contribution is 2.34. The summed E-state index contributed by atoms with van der Waals surface area (Å²) in [5.74, 6) is -0.203. The number of carbonyl (C=O) groups is 1. The SMILES string of the molecule is Cn1cc(CN2CCOCC2)cc1C=C1C(=O)Nc2ccc(Cn3c(O)csc3=O)cc21. The number of aryl methyl sites for hydroxylation is 1. The monoisotopic (exact) mass is 452 g/mol. The van der Waals surface area contributed by atoms with Gasteiger partial charge in [-0.3, -0.25) is 19.1 Å². The number of anilines is 1. The Balaban J connectivity index is 1.43. The third kappa shape index (κ3) is 4.02. The summed E-state index contributed by atoms with van der Waals surface area (Å²) in [6, 6.07) is 7.71. The van der Waals surface area contributed by atoms with E-state index < -0.39 is 0 Å². The molecule has 9 heteroatoms. The van der Waals surface area contributed by atoms with Gasteiger partial charge in [-0.15, -0.1) is 0 Å². The lowest BCUT2D eigenvalue weighted by molar-refractivity contribution is -0.110. The van der Waals surface area contributed by atoms with Gasteiger partial charge in [-0.25, -0.2) is 0 Å². The number of benzene rings is 1. The van der Waals surface area contributed by atoms with Gasteiger partial charge in [-0.1, -0.05) is 17.4 Å². The molecule has 1 amide bonds. The van der Waals surface area contributed by atoms with Gasteiger partial charge in [-0.05, 0) is 35.4 Å². The number of nitrogens with one attached hydrogen (secondary N) is 1. The summed E-state index contributed by atoms with van der Waals surface area (Å²) in [5.41, 5.74) is 5.11. The zero-order valence-electron chi connectivity index (χ0n) is 17.7. The van der Waals surface area contributed by atoms with Gasteiger partial charge >= 0.3 is 4.87 Å². The number of ether oxygens (including phenoxy) is 1. The fourth-order valence-electron chi connectivity index (χ4n) is 4.18. The van der Waals surface area contributed by atoms with E-state index in [-0.39, 0.29) is 23.2 Å². The normalized spacial score (nSPS) is 17.7. The van der Waals surface area contributed by atoms with Crippen molar-refractivity contribution >= 4 is 34.6 Å². The molecule has 5 rings (SSSR count). The minimum atomic E-state index is -0.218.